The van der Waals surface area contributed by atoms with Crippen molar-refractivity contribution in [2.45, 2.75) is 11.8 Å². The normalized spacial score (nSPS) is 11.3. The van der Waals surface area contributed by atoms with Crippen LogP contribution in [0.2, 0.25) is 10.2 Å². The average molecular weight is 317 g/mol. The van der Waals surface area contributed by atoms with Crippen molar-refractivity contribution in [1.29, 1.82) is 0 Å². The number of pyridine rings is 1. The maximum atomic E-state index is 12.2. The summed E-state index contributed by atoms with van der Waals surface area (Å²) >= 11 is 11.7. The molecule has 1 aromatic heterocycles. The van der Waals surface area contributed by atoms with Crippen molar-refractivity contribution in [3.8, 4) is 0 Å². The molecule has 0 saturated heterocycles. The summed E-state index contributed by atoms with van der Waals surface area (Å²) in [5, 5.41) is 0.230. The number of nitrogens with one attached hydrogen (secondary N) is 1. The lowest BCUT2D eigenvalue weighted by Gasteiger charge is -2.10. The van der Waals surface area contributed by atoms with Crippen molar-refractivity contribution in [3.63, 3.8) is 0 Å². The number of benzene rings is 1. The summed E-state index contributed by atoms with van der Waals surface area (Å²) < 4.78 is 26.8. The maximum absolute atomic E-state index is 12.2. The maximum Gasteiger partial charge on any atom is 0.265 e. The highest BCUT2D eigenvalue weighted by molar-refractivity contribution is 7.92. The monoisotopic (exact) mass is 316 g/mol. The van der Waals surface area contributed by atoms with Gasteiger partial charge in [0.25, 0.3) is 10.0 Å². The Bertz CT molecular complexity index is 717. The fourth-order valence-electron chi connectivity index (χ4n) is 1.49. The first-order chi connectivity index (χ1) is 8.90. The van der Waals surface area contributed by atoms with Gasteiger partial charge in [-0.3, -0.25) is 4.72 Å². The van der Waals surface area contributed by atoms with Crippen molar-refractivity contribution in [2.24, 2.45) is 0 Å². The first-order valence-electron chi connectivity index (χ1n) is 5.29. The van der Waals surface area contributed by atoms with E-state index in [1.54, 1.807) is 18.2 Å². The summed E-state index contributed by atoms with van der Waals surface area (Å²) in [4.78, 5) is 3.65. The van der Waals surface area contributed by atoms with Gasteiger partial charge in [-0.25, -0.2) is 13.4 Å². The number of hydrogen-bond donors (Lipinski definition) is 1. The molecule has 4 nitrogen and oxygen atoms in total. The van der Waals surface area contributed by atoms with Crippen LogP contribution in [-0.2, 0) is 10.0 Å². The van der Waals surface area contributed by atoms with Gasteiger partial charge in [-0.2, -0.15) is 0 Å². The number of aryl methyl sites for hydroxylation is 1. The van der Waals surface area contributed by atoms with E-state index in [-0.39, 0.29) is 10.0 Å². The lowest BCUT2D eigenvalue weighted by molar-refractivity contribution is 0.601. The molecule has 1 heterocycles. The van der Waals surface area contributed by atoms with Gasteiger partial charge in [-0.15, -0.1) is 0 Å². The molecule has 0 fully saturated rings. The van der Waals surface area contributed by atoms with E-state index in [2.05, 4.69) is 9.71 Å². The Morgan fingerprint density at radius 1 is 1.21 bits per heavy atom. The van der Waals surface area contributed by atoms with Crippen molar-refractivity contribution < 1.29 is 8.42 Å². The quantitative estimate of drug-likeness (QED) is 0.882. The molecule has 2 rings (SSSR count). The average Bonchev–Trinajstić information content (AvgIpc) is 2.34. The van der Waals surface area contributed by atoms with Crippen LogP contribution in [0.25, 0.3) is 0 Å². The molecule has 1 N–H and O–H groups in total. The molecule has 0 amide bonds. The second-order valence-corrected chi connectivity index (χ2v) is 6.30. The number of aromatic nitrogens is 1. The summed E-state index contributed by atoms with van der Waals surface area (Å²) in [6, 6.07) is 7.93. The molecule has 2 aromatic rings. The smallest absolute Gasteiger partial charge is 0.265 e. The Balaban J connectivity index is 2.43. The van der Waals surface area contributed by atoms with Gasteiger partial charge in [0, 0.05) is 6.20 Å². The first kappa shape index (κ1) is 14.1. The summed E-state index contributed by atoms with van der Waals surface area (Å²) in [7, 11) is -3.81. The zero-order valence-corrected chi connectivity index (χ0v) is 12.2. The highest BCUT2D eigenvalue weighted by atomic mass is 35.5. The molecular formula is C12H10Cl2N2O2S. The molecule has 0 atom stereocenters. The van der Waals surface area contributed by atoms with E-state index in [1.807, 2.05) is 6.92 Å². The minimum absolute atomic E-state index is 0.0845. The second-order valence-electron chi connectivity index (χ2n) is 3.88. The van der Waals surface area contributed by atoms with E-state index >= 15 is 0 Å². The lowest BCUT2D eigenvalue weighted by atomic mass is 10.2. The van der Waals surface area contributed by atoms with Gasteiger partial charge >= 0.3 is 0 Å². The van der Waals surface area contributed by atoms with E-state index in [0.717, 1.165) is 5.56 Å². The van der Waals surface area contributed by atoms with Crippen LogP contribution in [0.1, 0.15) is 5.56 Å². The molecule has 0 aliphatic rings. The Morgan fingerprint density at radius 2 is 1.95 bits per heavy atom. The van der Waals surface area contributed by atoms with Crippen molar-refractivity contribution >= 4 is 38.9 Å². The fourth-order valence-corrected chi connectivity index (χ4v) is 3.23. The molecule has 7 heteroatoms. The third kappa shape index (κ3) is 3.18. The van der Waals surface area contributed by atoms with Gasteiger partial charge in [-0.05, 0) is 36.8 Å². The molecule has 0 bridgehead atoms. The third-order valence-electron chi connectivity index (χ3n) is 2.38. The van der Waals surface area contributed by atoms with Crippen molar-refractivity contribution in [2.75, 3.05) is 4.72 Å². The standard InChI is InChI=1S/C12H10Cl2N2O2S/c1-8-4-5-9(13)10(7-8)16-19(17,18)11-3-2-6-15-12(11)14/h2-7,16H,1H3. The minimum atomic E-state index is -3.81. The highest BCUT2D eigenvalue weighted by Crippen LogP contribution is 2.27. The van der Waals surface area contributed by atoms with E-state index in [9.17, 15) is 8.42 Å². The molecule has 19 heavy (non-hydrogen) atoms. The minimum Gasteiger partial charge on any atom is -0.278 e. The van der Waals surface area contributed by atoms with Crippen LogP contribution >= 0.6 is 23.2 Å². The van der Waals surface area contributed by atoms with Gasteiger partial charge < -0.3 is 0 Å². The topological polar surface area (TPSA) is 59.1 Å². The highest BCUT2D eigenvalue weighted by Gasteiger charge is 2.19. The zero-order chi connectivity index (χ0) is 14.0. The molecular weight excluding hydrogens is 307 g/mol. The number of rotatable bonds is 3. The van der Waals surface area contributed by atoms with Gasteiger partial charge in [-0.1, -0.05) is 29.3 Å². The van der Waals surface area contributed by atoms with E-state index in [4.69, 9.17) is 23.2 Å². The molecule has 0 aliphatic carbocycles. The van der Waals surface area contributed by atoms with Crippen molar-refractivity contribution in [3.05, 3.63) is 52.3 Å². The number of nitrogens with zero attached hydrogens (tertiary/aromatic N) is 1. The lowest BCUT2D eigenvalue weighted by Crippen LogP contribution is -2.14. The molecule has 0 saturated carbocycles. The molecule has 0 spiro atoms. The zero-order valence-electron chi connectivity index (χ0n) is 9.89. The van der Waals surface area contributed by atoms with Crippen LogP contribution in [0.5, 0.6) is 0 Å². The first-order valence-corrected chi connectivity index (χ1v) is 7.53. The Kier molecular flexibility index (Phi) is 3.99. The Labute approximate surface area is 121 Å². The van der Waals surface area contributed by atoms with Crippen LogP contribution in [0.4, 0.5) is 5.69 Å². The molecule has 1 aromatic carbocycles. The largest absolute Gasteiger partial charge is 0.278 e. The van der Waals surface area contributed by atoms with E-state index in [0.29, 0.717) is 10.7 Å². The molecule has 0 radical (unpaired) electrons. The molecule has 0 unspecified atom stereocenters. The van der Waals surface area contributed by atoms with Crippen LogP contribution in [0.15, 0.2) is 41.4 Å². The predicted molar refractivity (Wildman–Crippen MR) is 76.2 cm³/mol. The number of sulfonamides is 1. The predicted octanol–water partition coefficient (Wildman–Crippen LogP) is 3.50. The number of hydrogen-bond acceptors (Lipinski definition) is 3. The van der Waals surface area contributed by atoms with Gasteiger partial charge in [0.05, 0.1) is 10.7 Å². The Hall–Kier alpha value is -1.30. The van der Waals surface area contributed by atoms with Crippen LogP contribution < -0.4 is 4.72 Å². The molecule has 0 aliphatic heterocycles. The Morgan fingerprint density at radius 3 is 2.63 bits per heavy atom. The summed E-state index contributed by atoms with van der Waals surface area (Å²) in [5.41, 5.74) is 1.20. The third-order valence-corrected chi connectivity index (χ3v) is 4.52. The van der Waals surface area contributed by atoms with Crippen LogP contribution in [0.3, 0.4) is 0 Å². The van der Waals surface area contributed by atoms with Gasteiger partial charge in [0.2, 0.25) is 0 Å². The SMILES string of the molecule is Cc1ccc(Cl)c(NS(=O)(=O)c2cccnc2Cl)c1. The van der Waals surface area contributed by atoms with E-state index < -0.39 is 10.0 Å². The van der Waals surface area contributed by atoms with Crippen molar-refractivity contribution in [1.82, 2.24) is 4.98 Å². The summed E-state index contributed by atoms with van der Waals surface area (Å²) in [5.74, 6) is 0. The fraction of sp³-hybridized carbons (Fsp3) is 0.0833. The summed E-state index contributed by atoms with van der Waals surface area (Å²) in [6.45, 7) is 1.84. The number of halogens is 2. The van der Waals surface area contributed by atoms with Crippen LogP contribution in [0, 0.1) is 6.92 Å². The number of anilines is 1. The molecule has 100 valence electrons. The van der Waals surface area contributed by atoms with E-state index in [1.165, 1.54) is 18.3 Å². The summed E-state index contributed by atoms with van der Waals surface area (Å²) in [6.07, 6.45) is 1.42. The van der Waals surface area contributed by atoms with Gasteiger partial charge in [0.1, 0.15) is 10.0 Å². The van der Waals surface area contributed by atoms with Gasteiger partial charge in [0.15, 0.2) is 0 Å². The van der Waals surface area contributed by atoms with Crippen LogP contribution in [-0.4, -0.2) is 13.4 Å². The second kappa shape index (κ2) is 5.36.